The highest BCUT2D eigenvalue weighted by Gasteiger charge is 2.29. The molecule has 0 saturated carbocycles. The number of nitrogens with two attached hydrogens (primary N) is 1. The van der Waals surface area contributed by atoms with Gasteiger partial charge in [-0.1, -0.05) is 12.1 Å². The lowest BCUT2D eigenvalue weighted by Gasteiger charge is -2.21. The molecule has 0 bridgehead atoms. The van der Waals surface area contributed by atoms with Crippen LogP contribution in [0.4, 0.5) is 0 Å². The second-order valence-corrected chi connectivity index (χ2v) is 4.05. The largest absolute Gasteiger partial charge is 0.370 e. The summed E-state index contributed by atoms with van der Waals surface area (Å²) in [6.45, 7) is 4.70. The van der Waals surface area contributed by atoms with Crippen molar-refractivity contribution < 1.29 is 9.26 Å². The minimum atomic E-state index is -0.449. The van der Waals surface area contributed by atoms with Crippen molar-refractivity contribution in [1.82, 2.24) is 10.1 Å². The molecule has 0 aliphatic carbocycles. The molecule has 0 saturated heterocycles. The summed E-state index contributed by atoms with van der Waals surface area (Å²) in [7, 11) is 1.66. The predicted molar refractivity (Wildman–Crippen MR) is 60.9 cm³/mol. The maximum atomic E-state index is 5.42. The molecule has 0 fully saturated rings. The van der Waals surface area contributed by atoms with Crippen LogP contribution in [0.25, 0.3) is 0 Å². The highest BCUT2D eigenvalue weighted by Crippen LogP contribution is 2.25. The van der Waals surface area contributed by atoms with Crippen molar-refractivity contribution in [2.75, 3.05) is 13.7 Å². The lowest BCUT2D eigenvalue weighted by molar-refractivity contribution is -0.0106. The summed E-state index contributed by atoms with van der Waals surface area (Å²) in [5, 5.41) is 3.97. The van der Waals surface area contributed by atoms with Crippen molar-refractivity contribution >= 4 is 0 Å². The van der Waals surface area contributed by atoms with Crippen LogP contribution in [0, 0.1) is 0 Å². The smallest absolute Gasteiger partial charge is 0.226 e. The van der Waals surface area contributed by atoms with Crippen LogP contribution in [0.3, 0.4) is 0 Å². The number of nitrogens with zero attached hydrogens (tertiary/aromatic N) is 2. The second-order valence-electron chi connectivity index (χ2n) is 4.05. The molecule has 92 valence electrons. The van der Waals surface area contributed by atoms with E-state index >= 15 is 0 Å². The molecule has 0 aromatic carbocycles. The van der Waals surface area contributed by atoms with Gasteiger partial charge in [0, 0.05) is 13.5 Å². The summed E-state index contributed by atoms with van der Waals surface area (Å²) in [5.41, 5.74) is 4.97. The standard InChI is InChI=1S/C11H21N3O2/c1-4-11(2,15-3)10-13-9(16-14-10)7-5-6-8-12/h4-8,12H2,1-3H3. The zero-order chi connectivity index (χ0) is 12.0. The first kappa shape index (κ1) is 13.1. The number of rotatable bonds is 7. The van der Waals surface area contributed by atoms with Crippen LogP contribution in [0.2, 0.25) is 0 Å². The maximum Gasteiger partial charge on any atom is 0.226 e. The highest BCUT2D eigenvalue weighted by molar-refractivity contribution is 4.99. The Morgan fingerprint density at radius 2 is 2.19 bits per heavy atom. The first-order valence-corrected chi connectivity index (χ1v) is 5.74. The molecule has 0 radical (unpaired) electrons. The Bertz CT molecular complexity index is 308. The Balaban J connectivity index is 2.63. The first-order valence-electron chi connectivity index (χ1n) is 5.74. The van der Waals surface area contributed by atoms with Crippen LogP contribution in [-0.2, 0) is 16.8 Å². The molecule has 1 heterocycles. The minimum absolute atomic E-state index is 0.449. The third-order valence-corrected chi connectivity index (χ3v) is 2.91. The van der Waals surface area contributed by atoms with Gasteiger partial charge in [0.25, 0.3) is 0 Å². The van der Waals surface area contributed by atoms with Crippen molar-refractivity contribution in [3.8, 4) is 0 Å². The SMILES string of the molecule is CCC(C)(OC)c1noc(CCCCN)n1. The normalized spacial score (nSPS) is 15.0. The van der Waals surface area contributed by atoms with Crippen molar-refractivity contribution in [2.45, 2.75) is 45.1 Å². The minimum Gasteiger partial charge on any atom is -0.370 e. The Morgan fingerprint density at radius 3 is 2.75 bits per heavy atom. The van der Waals surface area contributed by atoms with E-state index in [4.69, 9.17) is 15.0 Å². The number of ether oxygens (including phenoxy) is 1. The molecule has 0 amide bonds. The average Bonchev–Trinajstić information content (AvgIpc) is 2.78. The summed E-state index contributed by atoms with van der Waals surface area (Å²) in [5.74, 6) is 1.29. The van der Waals surface area contributed by atoms with Crippen LogP contribution < -0.4 is 5.73 Å². The molecule has 0 aliphatic heterocycles. The summed E-state index contributed by atoms with van der Waals surface area (Å²) >= 11 is 0. The van der Waals surface area contributed by atoms with Crippen LogP contribution in [0.1, 0.15) is 44.8 Å². The maximum absolute atomic E-state index is 5.42. The van der Waals surface area contributed by atoms with Gasteiger partial charge in [0.15, 0.2) is 0 Å². The average molecular weight is 227 g/mol. The van der Waals surface area contributed by atoms with Crippen LogP contribution >= 0.6 is 0 Å². The van der Waals surface area contributed by atoms with Crippen molar-refractivity contribution in [2.24, 2.45) is 5.73 Å². The number of methoxy groups -OCH3 is 1. The Labute approximate surface area is 96.4 Å². The van der Waals surface area contributed by atoms with Gasteiger partial charge < -0.3 is 15.0 Å². The third-order valence-electron chi connectivity index (χ3n) is 2.91. The van der Waals surface area contributed by atoms with Gasteiger partial charge in [0.2, 0.25) is 11.7 Å². The molecule has 0 spiro atoms. The van der Waals surface area contributed by atoms with Crippen molar-refractivity contribution in [3.05, 3.63) is 11.7 Å². The fourth-order valence-electron chi connectivity index (χ4n) is 1.39. The Morgan fingerprint density at radius 1 is 1.44 bits per heavy atom. The van der Waals surface area contributed by atoms with E-state index in [0.29, 0.717) is 18.3 Å². The van der Waals surface area contributed by atoms with E-state index < -0.39 is 5.60 Å². The highest BCUT2D eigenvalue weighted by atomic mass is 16.5. The second kappa shape index (κ2) is 5.96. The van der Waals surface area contributed by atoms with Gasteiger partial charge in [-0.3, -0.25) is 0 Å². The van der Waals surface area contributed by atoms with E-state index in [1.165, 1.54) is 0 Å². The molecule has 1 rings (SSSR count). The predicted octanol–water partition coefficient (Wildman–Crippen LogP) is 1.62. The third kappa shape index (κ3) is 3.02. The van der Waals surface area contributed by atoms with Gasteiger partial charge in [-0.15, -0.1) is 0 Å². The summed E-state index contributed by atoms with van der Waals surface area (Å²) < 4.78 is 10.6. The Hall–Kier alpha value is -0.940. The number of aryl methyl sites for hydroxylation is 1. The number of aromatic nitrogens is 2. The van der Waals surface area contributed by atoms with E-state index in [1.807, 2.05) is 13.8 Å². The first-order chi connectivity index (χ1) is 7.66. The van der Waals surface area contributed by atoms with E-state index in [0.717, 1.165) is 25.7 Å². The Kier molecular flexibility index (Phi) is 4.89. The molecular formula is C11H21N3O2. The van der Waals surface area contributed by atoms with Gasteiger partial charge >= 0.3 is 0 Å². The molecule has 1 aromatic heterocycles. The summed E-state index contributed by atoms with van der Waals surface area (Å²) in [4.78, 5) is 4.35. The molecule has 1 unspecified atom stereocenters. The monoisotopic (exact) mass is 227 g/mol. The number of unbranched alkanes of at least 4 members (excludes halogenated alkanes) is 1. The fraction of sp³-hybridized carbons (Fsp3) is 0.818. The van der Waals surface area contributed by atoms with E-state index in [9.17, 15) is 0 Å². The summed E-state index contributed by atoms with van der Waals surface area (Å²) in [6.07, 6.45) is 3.56. The summed E-state index contributed by atoms with van der Waals surface area (Å²) in [6, 6.07) is 0. The lowest BCUT2D eigenvalue weighted by atomic mass is 10.0. The molecule has 5 heteroatoms. The molecule has 2 N–H and O–H groups in total. The van der Waals surface area contributed by atoms with Crippen LogP contribution in [0.5, 0.6) is 0 Å². The quantitative estimate of drug-likeness (QED) is 0.716. The topological polar surface area (TPSA) is 74.2 Å². The van der Waals surface area contributed by atoms with E-state index in [2.05, 4.69) is 10.1 Å². The van der Waals surface area contributed by atoms with Gasteiger partial charge in [-0.05, 0) is 32.7 Å². The number of hydrogen-bond donors (Lipinski definition) is 1. The zero-order valence-corrected chi connectivity index (χ0v) is 10.3. The van der Waals surface area contributed by atoms with Crippen LogP contribution in [-0.4, -0.2) is 23.8 Å². The molecule has 5 nitrogen and oxygen atoms in total. The lowest BCUT2D eigenvalue weighted by Crippen LogP contribution is -2.24. The van der Waals surface area contributed by atoms with Gasteiger partial charge in [-0.25, -0.2) is 0 Å². The molecule has 0 aliphatic rings. The van der Waals surface area contributed by atoms with Gasteiger partial charge in [0.1, 0.15) is 5.60 Å². The van der Waals surface area contributed by atoms with Crippen molar-refractivity contribution in [3.63, 3.8) is 0 Å². The molecular weight excluding hydrogens is 206 g/mol. The molecule has 1 aromatic rings. The van der Waals surface area contributed by atoms with Gasteiger partial charge in [-0.2, -0.15) is 4.98 Å². The molecule has 16 heavy (non-hydrogen) atoms. The fourth-order valence-corrected chi connectivity index (χ4v) is 1.39. The van der Waals surface area contributed by atoms with Crippen LogP contribution in [0.15, 0.2) is 4.52 Å². The van der Waals surface area contributed by atoms with Gasteiger partial charge in [0.05, 0.1) is 0 Å². The number of hydrogen-bond acceptors (Lipinski definition) is 5. The van der Waals surface area contributed by atoms with Crippen molar-refractivity contribution in [1.29, 1.82) is 0 Å². The van der Waals surface area contributed by atoms with E-state index in [1.54, 1.807) is 7.11 Å². The van der Waals surface area contributed by atoms with E-state index in [-0.39, 0.29) is 0 Å². The zero-order valence-electron chi connectivity index (χ0n) is 10.3. The molecule has 1 atom stereocenters.